The first-order chi connectivity index (χ1) is 8.91. The minimum absolute atomic E-state index is 0.289. The van der Waals surface area contributed by atoms with Crippen molar-refractivity contribution in [2.24, 2.45) is 0 Å². The number of nitrogens with zero attached hydrogens (tertiary/aromatic N) is 1. The molecule has 0 aliphatic heterocycles. The van der Waals surface area contributed by atoms with Crippen molar-refractivity contribution in [3.8, 4) is 0 Å². The van der Waals surface area contributed by atoms with Crippen LogP contribution in [0, 0.1) is 5.82 Å². The van der Waals surface area contributed by atoms with Crippen molar-refractivity contribution in [2.75, 3.05) is 0 Å². The molecule has 1 heterocycles. The van der Waals surface area contributed by atoms with Crippen LogP contribution in [0.4, 0.5) is 4.39 Å². The molecule has 0 saturated heterocycles. The summed E-state index contributed by atoms with van der Waals surface area (Å²) in [5.41, 5.74) is -0.350. The number of hydrogen-bond donors (Lipinski definition) is 3. The molecule has 0 bridgehead atoms. The highest BCUT2D eigenvalue weighted by Gasteiger charge is 2.22. The summed E-state index contributed by atoms with van der Waals surface area (Å²) >= 11 is 0. The second kappa shape index (κ2) is 6.43. The third-order valence-electron chi connectivity index (χ3n) is 2.27. The Morgan fingerprint density at radius 3 is 2.58 bits per heavy atom. The topological polar surface area (TPSA) is 117 Å². The standard InChI is InChI=1S/C11H11FN2O5/c12-7-5-13-4-3-6(7)10(17)14-8(11(18)19)1-2-9(15)16/h3-5,8H,1-2H2,(H,14,17)(H,15,16)(H,18,19)/t8-/m0/s1. The van der Waals surface area contributed by atoms with Crippen LogP contribution in [0.25, 0.3) is 0 Å². The molecular formula is C11H11FN2O5. The summed E-state index contributed by atoms with van der Waals surface area (Å²) in [5.74, 6) is -4.39. The number of halogens is 1. The monoisotopic (exact) mass is 270 g/mol. The molecule has 0 unspecified atom stereocenters. The van der Waals surface area contributed by atoms with E-state index in [0.29, 0.717) is 0 Å². The number of amides is 1. The molecule has 0 saturated carbocycles. The van der Waals surface area contributed by atoms with Crippen LogP contribution in [0.3, 0.4) is 0 Å². The smallest absolute Gasteiger partial charge is 0.326 e. The van der Waals surface area contributed by atoms with Gasteiger partial charge in [0.05, 0.1) is 11.8 Å². The third-order valence-corrected chi connectivity index (χ3v) is 2.27. The second-order valence-electron chi connectivity index (χ2n) is 3.65. The molecule has 3 N–H and O–H groups in total. The van der Waals surface area contributed by atoms with Crippen molar-refractivity contribution in [3.05, 3.63) is 29.8 Å². The predicted octanol–water partition coefficient (Wildman–Crippen LogP) is 0.268. The van der Waals surface area contributed by atoms with Crippen LogP contribution in [0.1, 0.15) is 23.2 Å². The predicted molar refractivity (Wildman–Crippen MR) is 60.0 cm³/mol. The van der Waals surface area contributed by atoms with Gasteiger partial charge in [-0.15, -0.1) is 0 Å². The van der Waals surface area contributed by atoms with Crippen molar-refractivity contribution >= 4 is 17.8 Å². The van der Waals surface area contributed by atoms with Gasteiger partial charge < -0.3 is 15.5 Å². The Kier molecular flexibility index (Phi) is 4.92. The van der Waals surface area contributed by atoms with Crippen molar-refractivity contribution < 1.29 is 29.0 Å². The number of hydrogen-bond acceptors (Lipinski definition) is 4. The summed E-state index contributed by atoms with van der Waals surface area (Å²) in [6, 6.07) is -0.294. The first-order valence-corrected chi connectivity index (χ1v) is 5.26. The van der Waals surface area contributed by atoms with Gasteiger partial charge in [0.1, 0.15) is 6.04 Å². The van der Waals surface area contributed by atoms with Crippen molar-refractivity contribution in [1.29, 1.82) is 0 Å². The third kappa shape index (κ3) is 4.34. The number of carboxylic acids is 2. The fourth-order valence-corrected chi connectivity index (χ4v) is 1.32. The highest BCUT2D eigenvalue weighted by atomic mass is 19.1. The van der Waals surface area contributed by atoms with Gasteiger partial charge in [0.25, 0.3) is 5.91 Å². The minimum Gasteiger partial charge on any atom is -0.481 e. The fourth-order valence-electron chi connectivity index (χ4n) is 1.32. The molecule has 7 nitrogen and oxygen atoms in total. The van der Waals surface area contributed by atoms with E-state index in [2.05, 4.69) is 10.3 Å². The van der Waals surface area contributed by atoms with Crippen LogP contribution < -0.4 is 5.32 Å². The fraction of sp³-hybridized carbons (Fsp3) is 0.273. The van der Waals surface area contributed by atoms with Crippen LogP contribution in [-0.2, 0) is 9.59 Å². The Bertz CT molecular complexity index is 506. The van der Waals surface area contributed by atoms with Gasteiger partial charge in [0.2, 0.25) is 0 Å². The zero-order valence-corrected chi connectivity index (χ0v) is 9.67. The number of aliphatic carboxylic acids is 2. The molecule has 1 atom stereocenters. The summed E-state index contributed by atoms with van der Waals surface area (Å²) < 4.78 is 13.2. The largest absolute Gasteiger partial charge is 0.481 e. The maximum Gasteiger partial charge on any atom is 0.326 e. The molecule has 19 heavy (non-hydrogen) atoms. The molecule has 0 radical (unpaired) electrons. The summed E-state index contributed by atoms with van der Waals surface area (Å²) in [7, 11) is 0. The number of carboxylic acid groups (broad SMARTS) is 2. The quantitative estimate of drug-likeness (QED) is 0.683. The highest BCUT2D eigenvalue weighted by Crippen LogP contribution is 2.06. The Morgan fingerprint density at radius 2 is 2.05 bits per heavy atom. The average molecular weight is 270 g/mol. The van der Waals surface area contributed by atoms with Gasteiger partial charge in [-0.25, -0.2) is 9.18 Å². The molecule has 0 aromatic carbocycles. The molecule has 1 aromatic heterocycles. The summed E-state index contributed by atoms with van der Waals surface area (Å²) in [4.78, 5) is 36.3. The number of pyridine rings is 1. The molecule has 0 spiro atoms. The van der Waals surface area contributed by atoms with Gasteiger partial charge in [-0.05, 0) is 12.5 Å². The number of aromatic nitrogens is 1. The average Bonchev–Trinajstić information content (AvgIpc) is 2.34. The van der Waals surface area contributed by atoms with E-state index in [-0.39, 0.29) is 12.0 Å². The number of nitrogens with one attached hydrogen (secondary N) is 1. The minimum atomic E-state index is -1.39. The Hall–Kier alpha value is -2.51. The van der Waals surface area contributed by atoms with E-state index in [0.717, 1.165) is 12.3 Å². The van der Waals surface area contributed by atoms with Crippen LogP contribution in [0.5, 0.6) is 0 Å². The van der Waals surface area contributed by atoms with E-state index in [4.69, 9.17) is 10.2 Å². The van der Waals surface area contributed by atoms with E-state index >= 15 is 0 Å². The first kappa shape index (κ1) is 14.6. The van der Waals surface area contributed by atoms with Crippen molar-refractivity contribution in [1.82, 2.24) is 10.3 Å². The summed E-state index contributed by atoms with van der Waals surface area (Å²) in [6.45, 7) is 0. The lowest BCUT2D eigenvalue weighted by Crippen LogP contribution is -2.41. The lowest BCUT2D eigenvalue weighted by atomic mass is 10.1. The lowest BCUT2D eigenvalue weighted by Gasteiger charge is -2.13. The van der Waals surface area contributed by atoms with Gasteiger partial charge >= 0.3 is 11.9 Å². The maximum atomic E-state index is 13.2. The highest BCUT2D eigenvalue weighted by molar-refractivity contribution is 5.96. The van der Waals surface area contributed by atoms with Gasteiger partial charge in [-0.3, -0.25) is 14.6 Å². The molecular weight excluding hydrogens is 259 g/mol. The molecule has 1 rings (SSSR count). The Morgan fingerprint density at radius 1 is 1.37 bits per heavy atom. The molecule has 102 valence electrons. The number of carbonyl (C=O) groups excluding carboxylic acids is 1. The van der Waals surface area contributed by atoms with Crippen molar-refractivity contribution in [3.63, 3.8) is 0 Å². The van der Waals surface area contributed by atoms with E-state index in [9.17, 15) is 18.8 Å². The van der Waals surface area contributed by atoms with Crippen LogP contribution in [0.2, 0.25) is 0 Å². The van der Waals surface area contributed by atoms with Crippen LogP contribution in [0.15, 0.2) is 18.5 Å². The molecule has 1 aromatic rings. The van der Waals surface area contributed by atoms with E-state index < -0.39 is 36.1 Å². The van der Waals surface area contributed by atoms with Crippen molar-refractivity contribution in [2.45, 2.75) is 18.9 Å². The van der Waals surface area contributed by atoms with Gasteiger partial charge in [-0.1, -0.05) is 0 Å². The summed E-state index contributed by atoms with van der Waals surface area (Å²) in [5, 5.41) is 19.4. The molecule has 0 fully saturated rings. The van der Waals surface area contributed by atoms with Gasteiger partial charge in [-0.2, -0.15) is 0 Å². The molecule has 0 aliphatic carbocycles. The second-order valence-corrected chi connectivity index (χ2v) is 3.65. The first-order valence-electron chi connectivity index (χ1n) is 5.26. The lowest BCUT2D eigenvalue weighted by molar-refractivity contribution is -0.140. The molecule has 1 amide bonds. The SMILES string of the molecule is O=C(O)CC[C@H](NC(=O)c1ccncc1F)C(=O)O. The normalized spacial score (nSPS) is 11.6. The molecule has 8 heteroatoms. The van der Waals surface area contributed by atoms with Gasteiger partial charge in [0.15, 0.2) is 5.82 Å². The molecule has 0 aliphatic rings. The Balaban J connectivity index is 2.74. The Labute approximate surface area is 107 Å². The zero-order valence-electron chi connectivity index (χ0n) is 9.67. The number of rotatable bonds is 6. The van der Waals surface area contributed by atoms with E-state index in [1.165, 1.54) is 6.20 Å². The summed E-state index contributed by atoms with van der Waals surface area (Å²) in [6.07, 6.45) is 1.30. The maximum absolute atomic E-state index is 13.2. The zero-order chi connectivity index (χ0) is 14.4. The van der Waals surface area contributed by atoms with Gasteiger partial charge in [0, 0.05) is 12.6 Å². The van der Waals surface area contributed by atoms with Crippen LogP contribution >= 0.6 is 0 Å². The van der Waals surface area contributed by atoms with E-state index in [1.54, 1.807) is 0 Å². The van der Waals surface area contributed by atoms with Crippen LogP contribution in [-0.4, -0.2) is 39.1 Å². The number of carbonyl (C=O) groups is 3. The van der Waals surface area contributed by atoms with E-state index in [1.807, 2.05) is 0 Å².